The highest BCUT2D eigenvalue weighted by molar-refractivity contribution is 7.99. The zero-order valence-electron chi connectivity index (χ0n) is 6.12. The molecule has 0 bridgehead atoms. The van der Waals surface area contributed by atoms with Gasteiger partial charge in [-0.15, -0.1) is 11.8 Å². The topological polar surface area (TPSA) is 45.9 Å². The van der Waals surface area contributed by atoms with Gasteiger partial charge in [0.1, 0.15) is 0 Å². The molecule has 0 aromatic heterocycles. The fraction of sp³-hybridized carbons (Fsp3) is 0.250. The standard InChI is InChI=1S/C8H10NOS/c9-7-2-1-3-8(6-7)11-5-4-10/h1-3,6H,4-5,9H2. The van der Waals surface area contributed by atoms with Crippen molar-refractivity contribution < 1.29 is 5.11 Å². The molecule has 1 aromatic carbocycles. The first-order valence-electron chi connectivity index (χ1n) is 3.39. The summed E-state index contributed by atoms with van der Waals surface area (Å²) in [5.41, 5.74) is 6.29. The number of anilines is 1. The number of benzene rings is 1. The molecule has 0 fully saturated rings. The Morgan fingerprint density at radius 3 is 2.91 bits per heavy atom. The van der Waals surface area contributed by atoms with Gasteiger partial charge in [0.05, 0.1) is 6.61 Å². The van der Waals surface area contributed by atoms with E-state index in [0.29, 0.717) is 5.75 Å². The average Bonchev–Trinajstić information content (AvgIpc) is 2.01. The van der Waals surface area contributed by atoms with Crippen LogP contribution in [-0.4, -0.2) is 12.4 Å². The van der Waals surface area contributed by atoms with Gasteiger partial charge >= 0.3 is 0 Å². The van der Waals surface area contributed by atoms with E-state index in [1.54, 1.807) is 11.8 Å². The second-order valence-electron chi connectivity index (χ2n) is 2.13. The maximum Gasteiger partial charge on any atom is 0.0916 e. The van der Waals surface area contributed by atoms with E-state index in [1.165, 1.54) is 0 Å². The van der Waals surface area contributed by atoms with Crippen LogP contribution in [0.15, 0.2) is 29.2 Å². The highest BCUT2D eigenvalue weighted by Crippen LogP contribution is 2.19. The van der Waals surface area contributed by atoms with Crippen LogP contribution >= 0.6 is 11.8 Å². The van der Waals surface area contributed by atoms with Gasteiger partial charge in [0.25, 0.3) is 0 Å². The lowest BCUT2D eigenvalue weighted by molar-refractivity contribution is 0.215. The second kappa shape index (κ2) is 4.26. The summed E-state index contributed by atoms with van der Waals surface area (Å²) in [6, 6.07) is 7.56. The van der Waals surface area contributed by atoms with E-state index in [9.17, 15) is 5.11 Å². The highest BCUT2D eigenvalue weighted by Gasteiger charge is 1.92. The van der Waals surface area contributed by atoms with Crippen molar-refractivity contribution in [2.24, 2.45) is 0 Å². The van der Waals surface area contributed by atoms with Crippen molar-refractivity contribution in [3.8, 4) is 0 Å². The summed E-state index contributed by atoms with van der Waals surface area (Å²) in [4.78, 5) is 1.07. The maximum atomic E-state index is 10.1. The first-order valence-corrected chi connectivity index (χ1v) is 4.38. The highest BCUT2D eigenvalue weighted by atomic mass is 32.2. The number of rotatable bonds is 3. The van der Waals surface area contributed by atoms with Crippen LogP contribution in [0.2, 0.25) is 0 Å². The lowest BCUT2D eigenvalue weighted by atomic mass is 10.3. The van der Waals surface area contributed by atoms with Gasteiger partial charge in [0.2, 0.25) is 0 Å². The van der Waals surface area contributed by atoms with Gasteiger partial charge in [-0.1, -0.05) is 6.07 Å². The van der Waals surface area contributed by atoms with Gasteiger partial charge in [-0.05, 0) is 18.2 Å². The minimum atomic E-state index is -0.0422. The fourth-order valence-electron chi connectivity index (χ4n) is 0.764. The maximum absolute atomic E-state index is 10.1. The molecule has 1 rings (SSSR count). The lowest BCUT2D eigenvalue weighted by Crippen LogP contribution is -1.86. The van der Waals surface area contributed by atoms with Crippen molar-refractivity contribution in [3.05, 3.63) is 24.3 Å². The Hall–Kier alpha value is -0.670. The molecule has 0 amide bonds. The Morgan fingerprint density at radius 1 is 1.45 bits per heavy atom. The zero-order chi connectivity index (χ0) is 8.10. The number of nitrogen functional groups attached to an aromatic ring is 1. The van der Waals surface area contributed by atoms with Crippen molar-refractivity contribution >= 4 is 17.4 Å². The molecule has 2 nitrogen and oxygen atoms in total. The molecule has 1 aromatic rings. The Bertz CT molecular complexity index is 227. The van der Waals surface area contributed by atoms with Crippen LogP contribution in [0.3, 0.4) is 0 Å². The Kier molecular flexibility index (Phi) is 3.26. The van der Waals surface area contributed by atoms with Crippen LogP contribution < -0.4 is 5.73 Å². The molecule has 0 spiro atoms. The van der Waals surface area contributed by atoms with Crippen LogP contribution in [0.4, 0.5) is 5.69 Å². The van der Waals surface area contributed by atoms with Crippen molar-refractivity contribution in [2.45, 2.75) is 4.90 Å². The third kappa shape index (κ3) is 2.82. The Morgan fingerprint density at radius 2 is 2.27 bits per heavy atom. The Balaban J connectivity index is 2.56. The smallest absolute Gasteiger partial charge is 0.0916 e. The van der Waals surface area contributed by atoms with E-state index in [-0.39, 0.29) is 6.61 Å². The first-order chi connectivity index (χ1) is 5.33. The number of hydrogen-bond acceptors (Lipinski definition) is 2. The van der Waals surface area contributed by atoms with Gasteiger partial charge < -0.3 is 5.73 Å². The molecule has 1 radical (unpaired) electrons. The van der Waals surface area contributed by atoms with Crippen molar-refractivity contribution in [3.63, 3.8) is 0 Å². The first kappa shape index (κ1) is 8.43. The van der Waals surface area contributed by atoms with Crippen LogP contribution in [-0.2, 0) is 5.11 Å². The molecular formula is C8H10NOS. The predicted molar refractivity (Wildman–Crippen MR) is 47.1 cm³/mol. The van der Waals surface area contributed by atoms with Crippen LogP contribution in [0.5, 0.6) is 0 Å². The largest absolute Gasteiger partial charge is 0.399 e. The number of thioether (sulfide) groups is 1. The third-order valence-corrected chi connectivity index (χ3v) is 2.17. The summed E-state index contributed by atoms with van der Waals surface area (Å²) in [7, 11) is 0. The Labute approximate surface area is 70.4 Å². The summed E-state index contributed by atoms with van der Waals surface area (Å²) in [6.45, 7) is -0.0422. The second-order valence-corrected chi connectivity index (χ2v) is 3.29. The molecule has 59 valence electrons. The van der Waals surface area contributed by atoms with Gasteiger partial charge in [0.15, 0.2) is 0 Å². The van der Waals surface area contributed by atoms with E-state index in [4.69, 9.17) is 5.73 Å². The van der Waals surface area contributed by atoms with Crippen molar-refractivity contribution in [2.75, 3.05) is 18.1 Å². The third-order valence-electron chi connectivity index (χ3n) is 1.21. The molecular weight excluding hydrogens is 158 g/mol. The van der Waals surface area contributed by atoms with Gasteiger partial charge in [-0.3, -0.25) is 0 Å². The summed E-state index contributed by atoms with van der Waals surface area (Å²) in [5.74, 6) is 0.615. The van der Waals surface area contributed by atoms with Gasteiger partial charge in [-0.25, -0.2) is 5.11 Å². The van der Waals surface area contributed by atoms with E-state index in [1.807, 2.05) is 24.3 Å². The van der Waals surface area contributed by atoms with Crippen molar-refractivity contribution in [1.82, 2.24) is 0 Å². The normalized spacial score (nSPS) is 9.91. The summed E-state index contributed by atoms with van der Waals surface area (Å²) >= 11 is 1.54. The van der Waals surface area contributed by atoms with Gasteiger partial charge in [0, 0.05) is 16.3 Å². The molecule has 0 aliphatic rings. The molecule has 3 heteroatoms. The van der Waals surface area contributed by atoms with E-state index < -0.39 is 0 Å². The fourth-order valence-corrected chi connectivity index (χ4v) is 1.48. The van der Waals surface area contributed by atoms with Crippen LogP contribution in [0.1, 0.15) is 0 Å². The van der Waals surface area contributed by atoms with E-state index in [2.05, 4.69) is 0 Å². The molecule has 0 saturated heterocycles. The molecule has 0 unspecified atom stereocenters. The monoisotopic (exact) mass is 168 g/mol. The lowest BCUT2D eigenvalue weighted by Gasteiger charge is -1.98. The molecule has 0 saturated carbocycles. The predicted octanol–water partition coefficient (Wildman–Crippen LogP) is 1.79. The SMILES string of the molecule is Nc1cccc(SCC[O])c1. The van der Waals surface area contributed by atoms with Crippen LogP contribution in [0, 0.1) is 0 Å². The minimum absolute atomic E-state index is 0.0422. The molecule has 0 aliphatic carbocycles. The summed E-state index contributed by atoms with van der Waals surface area (Å²) < 4.78 is 0. The molecule has 0 atom stereocenters. The number of hydrogen-bond donors (Lipinski definition) is 1. The zero-order valence-corrected chi connectivity index (χ0v) is 6.93. The minimum Gasteiger partial charge on any atom is -0.399 e. The van der Waals surface area contributed by atoms with Crippen molar-refractivity contribution in [1.29, 1.82) is 0 Å². The summed E-state index contributed by atoms with van der Waals surface area (Å²) in [5, 5.41) is 10.1. The average molecular weight is 168 g/mol. The van der Waals surface area contributed by atoms with Crippen LogP contribution in [0.25, 0.3) is 0 Å². The number of nitrogens with two attached hydrogens (primary N) is 1. The quantitative estimate of drug-likeness (QED) is 0.552. The van der Waals surface area contributed by atoms with E-state index >= 15 is 0 Å². The molecule has 0 aliphatic heterocycles. The molecule has 2 N–H and O–H groups in total. The van der Waals surface area contributed by atoms with Gasteiger partial charge in [-0.2, -0.15) is 0 Å². The van der Waals surface area contributed by atoms with E-state index in [0.717, 1.165) is 10.6 Å². The molecule has 11 heavy (non-hydrogen) atoms. The summed E-state index contributed by atoms with van der Waals surface area (Å²) in [6.07, 6.45) is 0. The molecule has 0 heterocycles.